The summed E-state index contributed by atoms with van der Waals surface area (Å²) in [4.78, 5) is 19.2. The molecule has 0 saturated carbocycles. The van der Waals surface area contributed by atoms with Crippen LogP contribution in [0.5, 0.6) is 0 Å². The van der Waals surface area contributed by atoms with Crippen LogP contribution in [0.2, 0.25) is 0 Å². The molecule has 1 aliphatic rings. The van der Waals surface area contributed by atoms with Gasteiger partial charge in [0.15, 0.2) is 0 Å². The second-order valence-corrected chi connectivity index (χ2v) is 8.81. The summed E-state index contributed by atoms with van der Waals surface area (Å²) in [6.07, 6.45) is -2.65. The van der Waals surface area contributed by atoms with Gasteiger partial charge in [0, 0.05) is 35.6 Å². The number of alkyl halides is 3. The number of nitrogens with zero attached hydrogens (tertiary/aromatic N) is 4. The summed E-state index contributed by atoms with van der Waals surface area (Å²) in [6.45, 7) is 6.00. The number of benzene rings is 2. The SMILES string of the molecule is C=C1c2cn(C)nc2-c2cc(C(=O)N[C@@H](C)c3cccc(N)n3)ccc2N1c1ccc(C(F)(F)F)cc1. The average Bonchev–Trinajstić information content (AvgIpc) is 3.26. The van der Waals surface area contributed by atoms with E-state index in [0.717, 1.165) is 12.1 Å². The van der Waals surface area contributed by atoms with Gasteiger partial charge in [-0.15, -0.1) is 0 Å². The van der Waals surface area contributed by atoms with E-state index < -0.39 is 11.7 Å². The number of hydrogen-bond donors (Lipinski definition) is 2. The van der Waals surface area contributed by atoms with E-state index in [4.69, 9.17) is 5.73 Å². The summed E-state index contributed by atoms with van der Waals surface area (Å²) in [7, 11) is 1.77. The van der Waals surface area contributed by atoms with Gasteiger partial charge in [-0.05, 0) is 61.5 Å². The first kappa shape index (κ1) is 24.1. The summed E-state index contributed by atoms with van der Waals surface area (Å²) in [6, 6.07) is 14.8. The van der Waals surface area contributed by atoms with Crippen molar-refractivity contribution in [1.82, 2.24) is 20.1 Å². The first-order chi connectivity index (χ1) is 17.5. The third-order valence-electron chi connectivity index (χ3n) is 6.20. The van der Waals surface area contributed by atoms with Crippen molar-refractivity contribution in [2.75, 3.05) is 10.6 Å². The highest BCUT2D eigenvalue weighted by molar-refractivity contribution is 6.04. The fourth-order valence-electron chi connectivity index (χ4n) is 4.38. The van der Waals surface area contributed by atoms with E-state index in [1.54, 1.807) is 59.2 Å². The van der Waals surface area contributed by atoms with Gasteiger partial charge in [-0.2, -0.15) is 18.3 Å². The molecule has 3 N–H and O–H groups in total. The molecule has 0 unspecified atom stereocenters. The second kappa shape index (κ2) is 8.81. The number of anilines is 3. The molecule has 0 spiro atoms. The molecule has 0 fully saturated rings. The van der Waals surface area contributed by atoms with Gasteiger partial charge in [-0.25, -0.2) is 4.98 Å². The molecule has 1 aliphatic heterocycles. The summed E-state index contributed by atoms with van der Waals surface area (Å²) < 4.78 is 41.0. The number of rotatable bonds is 4. The van der Waals surface area contributed by atoms with E-state index in [2.05, 4.69) is 22.0 Å². The Balaban J connectivity index is 1.53. The van der Waals surface area contributed by atoms with Crippen molar-refractivity contribution in [3.63, 3.8) is 0 Å². The van der Waals surface area contributed by atoms with Gasteiger partial charge < -0.3 is 16.0 Å². The number of carbonyl (C=O) groups is 1. The number of halogens is 3. The van der Waals surface area contributed by atoms with Crippen molar-refractivity contribution < 1.29 is 18.0 Å². The van der Waals surface area contributed by atoms with Crippen LogP contribution in [0, 0.1) is 0 Å². The Kier molecular flexibility index (Phi) is 5.74. The Morgan fingerprint density at radius 3 is 2.49 bits per heavy atom. The minimum absolute atomic E-state index is 0.317. The molecule has 4 aromatic rings. The van der Waals surface area contributed by atoms with Crippen molar-refractivity contribution >= 4 is 28.8 Å². The standard InChI is InChI=1S/C27H23F3N6O/c1-15(22-5-4-6-24(31)33-22)32-26(37)17-7-12-23-20(13-17)25-21(14-35(3)34-25)16(2)36(23)19-10-8-18(9-11-19)27(28,29)30/h4-15H,2H2,1,3H3,(H2,31,33)(H,32,37)/t15-/m0/s1. The van der Waals surface area contributed by atoms with Crippen LogP contribution >= 0.6 is 0 Å². The van der Waals surface area contributed by atoms with Gasteiger partial charge in [0.1, 0.15) is 11.5 Å². The lowest BCUT2D eigenvalue weighted by Gasteiger charge is -2.33. The maximum atomic E-state index is 13.1. The lowest BCUT2D eigenvalue weighted by atomic mass is 9.95. The van der Waals surface area contributed by atoms with Gasteiger partial charge in [0.2, 0.25) is 0 Å². The molecule has 10 heteroatoms. The van der Waals surface area contributed by atoms with Gasteiger partial charge >= 0.3 is 6.18 Å². The third-order valence-corrected chi connectivity index (χ3v) is 6.20. The Hall–Kier alpha value is -4.60. The quantitative estimate of drug-likeness (QED) is 0.372. The predicted octanol–water partition coefficient (Wildman–Crippen LogP) is 5.70. The van der Waals surface area contributed by atoms with Crippen molar-refractivity contribution in [2.45, 2.75) is 19.1 Å². The van der Waals surface area contributed by atoms with Gasteiger partial charge in [0.05, 0.1) is 28.7 Å². The van der Waals surface area contributed by atoms with Crippen LogP contribution < -0.4 is 16.0 Å². The van der Waals surface area contributed by atoms with Crippen LogP contribution in [-0.4, -0.2) is 20.7 Å². The van der Waals surface area contributed by atoms with Crippen molar-refractivity contribution in [3.8, 4) is 11.3 Å². The number of aryl methyl sites for hydroxylation is 1. The van der Waals surface area contributed by atoms with E-state index in [0.29, 0.717) is 51.0 Å². The Bertz CT molecular complexity index is 1520. The molecule has 37 heavy (non-hydrogen) atoms. The lowest BCUT2D eigenvalue weighted by molar-refractivity contribution is -0.137. The van der Waals surface area contributed by atoms with Crippen LogP contribution in [0.3, 0.4) is 0 Å². The third kappa shape index (κ3) is 4.42. The maximum absolute atomic E-state index is 13.1. The highest BCUT2D eigenvalue weighted by Crippen LogP contribution is 2.47. The first-order valence-electron chi connectivity index (χ1n) is 11.4. The molecule has 3 heterocycles. The molecule has 5 rings (SSSR count). The molecule has 1 amide bonds. The van der Waals surface area contributed by atoms with E-state index in [1.165, 1.54) is 12.1 Å². The Labute approximate surface area is 211 Å². The molecule has 7 nitrogen and oxygen atoms in total. The zero-order chi connectivity index (χ0) is 26.5. The number of pyridine rings is 1. The number of nitrogen functional groups attached to an aromatic ring is 1. The molecule has 1 atom stereocenters. The molecular formula is C27H23F3N6O. The lowest BCUT2D eigenvalue weighted by Crippen LogP contribution is -2.27. The van der Waals surface area contributed by atoms with Crippen molar-refractivity contribution in [1.29, 1.82) is 0 Å². The largest absolute Gasteiger partial charge is 0.416 e. The van der Waals surface area contributed by atoms with E-state index >= 15 is 0 Å². The normalized spacial score (nSPS) is 13.6. The molecular weight excluding hydrogens is 481 g/mol. The second-order valence-electron chi connectivity index (χ2n) is 8.81. The maximum Gasteiger partial charge on any atom is 0.416 e. The predicted molar refractivity (Wildman–Crippen MR) is 136 cm³/mol. The van der Waals surface area contributed by atoms with Gasteiger partial charge in [-0.3, -0.25) is 9.48 Å². The molecule has 0 saturated heterocycles. The number of amides is 1. The summed E-state index contributed by atoms with van der Waals surface area (Å²) in [5.74, 6) is 0.0427. The number of nitrogens with one attached hydrogen (secondary N) is 1. The minimum atomic E-state index is -4.44. The van der Waals surface area contributed by atoms with Crippen LogP contribution in [0.25, 0.3) is 17.0 Å². The number of aromatic nitrogens is 3. The molecule has 2 aromatic carbocycles. The fraction of sp³-hybridized carbons (Fsp3) is 0.148. The molecule has 188 valence electrons. The number of nitrogens with two attached hydrogens (primary N) is 1. The molecule has 0 bridgehead atoms. The van der Waals surface area contributed by atoms with Crippen LogP contribution in [0.15, 0.2) is 73.4 Å². The fourth-order valence-corrected chi connectivity index (χ4v) is 4.38. The first-order valence-corrected chi connectivity index (χ1v) is 11.4. The zero-order valence-electron chi connectivity index (χ0n) is 20.0. The van der Waals surface area contributed by atoms with Gasteiger partial charge in [-0.1, -0.05) is 12.6 Å². The summed E-state index contributed by atoms with van der Waals surface area (Å²) in [5.41, 5.74) is 9.77. The van der Waals surface area contributed by atoms with E-state index in [9.17, 15) is 18.0 Å². The topological polar surface area (TPSA) is 89.1 Å². The highest BCUT2D eigenvalue weighted by Gasteiger charge is 2.33. The van der Waals surface area contributed by atoms with Gasteiger partial charge in [0.25, 0.3) is 5.91 Å². The van der Waals surface area contributed by atoms with Crippen LogP contribution in [0.1, 0.15) is 40.1 Å². The summed E-state index contributed by atoms with van der Waals surface area (Å²) in [5, 5.41) is 7.49. The Morgan fingerprint density at radius 1 is 1.08 bits per heavy atom. The average molecular weight is 505 g/mol. The molecule has 0 aliphatic carbocycles. The van der Waals surface area contributed by atoms with E-state index in [-0.39, 0.29) is 11.9 Å². The van der Waals surface area contributed by atoms with E-state index in [1.807, 2.05) is 6.92 Å². The molecule has 2 aromatic heterocycles. The van der Waals surface area contributed by atoms with Crippen molar-refractivity contribution in [3.05, 3.63) is 95.8 Å². The number of hydrogen-bond acceptors (Lipinski definition) is 5. The van der Waals surface area contributed by atoms with Crippen LogP contribution in [-0.2, 0) is 13.2 Å². The monoisotopic (exact) mass is 504 g/mol. The smallest absolute Gasteiger partial charge is 0.384 e. The Morgan fingerprint density at radius 2 is 1.81 bits per heavy atom. The summed E-state index contributed by atoms with van der Waals surface area (Å²) >= 11 is 0. The zero-order valence-corrected chi connectivity index (χ0v) is 20.0. The highest BCUT2D eigenvalue weighted by atomic mass is 19.4. The number of fused-ring (bicyclic) bond motifs is 3. The van der Waals surface area contributed by atoms with Crippen molar-refractivity contribution in [2.24, 2.45) is 7.05 Å². The van der Waals surface area contributed by atoms with Crippen LogP contribution in [0.4, 0.5) is 30.4 Å². The number of carbonyl (C=O) groups excluding carboxylic acids is 1. The minimum Gasteiger partial charge on any atom is -0.384 e. The molecule has 0 radical (unpaired) electrons.